The first-order valence-corrected chi connectivity index (χ1v) is 7.70. The zero-order valence-electron chi connectivity index (χ0n) is 11.8. The van der Waals surface area contributed by atoms with Crippen molar-refractivity contribution in [3.05, 3.63) is 45.2 Å². The molecule has 1 atom stereocenters. The SMILES string of the molecule is CC(Cc1cccs1)N(C)C(=O)c1cc(Cl)nc(NN)c1. The van der Waals surface area contributed by atoms with Crippen molar-refractivity contribution in [3.8, 4) is 0 Å². The van der Waals surface area contributed by atoms with Crippen LogP contribution in [-0.4, -0.2) is 28.9 Å². The van der Waals surface area contributed by atoms with Crippen LogP contribution in [0.25, 0.3) is 0 Å². The Morgan fingerprint density at radius 1 is 1.57 bits per heavy atom. The Kier molecular flexibility index (Phi) is 5.17. The number of carbonyl (C=O) groups excluding carboxylic acids is 1. The number of hydrogen-bond donors (Lipinski definition) is 2. The van der Waals surface area contributed by atoms with Gasteiger partial charge in [0, 0.05) is 30.0 Å². The van der Waals surface area contributed by atoms with Crippen LogP contribution in [0.3, 0.4) is 0 Å². The number of anilines is 1. The van der Waals surface area contributed by atoms with Gasteiger partial charge in [0.05, 0.1) is 0 Å². The summed E-state index contributed by atoms with van der Waals surface area (Å²) in [5, 5.41) is 2.26. The number of nitrogens with zero attached hydrogens (tertiary/aromatic N) is 2. The molecule has 0 bridgehead atoms. The molecule has 0 saturated heterocycles. The van der Waals surface area contributed by atoms with E-state index in [2.05, 4.69) is 16.5 Å². The van der Waals surface area contributed by atoms with Gasteiger partial charge in [0.2, 0.25) is 0 Å². The highest BCUT2D eigenvalue weighted by Gasteiger charge is 2.19. The Hall–Kier alpha value is -1.63. The molecule has 0 saturated carbocycles. The number of nitrogens with one attached hydrogen (secondary N) is 1. The summed E-state index contributed by atoms with van der Waals surface area (Å²) in [4.78, 5) is 19.4. The Morgan fingerprint density at radius 3 is 2.95 bits per heavy atom. The van der Waals surface area contributed by atoms with Crippen molar-refractivity contribution in [1.29, 1.82) is 0 Å². The van der Waals surface area contributed by atoms with E-state index in [0.717, 1.165) is 6.42 Å². The number of halogens is 1. The summed E-state index contributed by atoms with van der Waals surface area (Å²) < 4.78 is 0. The molecule has 0 fully saturated rings. The number of thiophene rings is 1. The van der Waals surface area contributed by atoms with Crippen molar-refractivity contribution in [2.45, 2.75) is 19.4 Å². The van der Waals surface area contributed by atoms with Crippen LogP contribution >= 0.6 is 22.9 Å². The molecule has 0 aliphatic heterocycles. The second-order valence-electron chi connectivity index (χ2n) is 4.76. The molecular weight excluding hydrogens is 308 g/mol. The van der Waals surface area contributed by atoms with Crippen LogP contribution in [0.2, 0.25) is 5.15 Å². The summed E-state index contributed by atoms with van der Waals surface area (Å²) in [6, 6.07) is 7.29. The standard InChI is InChI=1S/C14H17ClN4OS/c1-9(6-11-4-3-5-21-11)19(2)14(20)10-7-12(15)17-13(8-10)18-16/h3-5,7-9H,6,16H2,1-2H3,(H,17,18). The smallest absolute Gasteiger partial charge is 0.254 e. The lowest BCUT2D eigenvalue weighted by molar-refractivity contribution is 0.0744. The molecule has 0 aromatic carbocycles. The highest BCUT2D eigenvalue weighted by atomic mass is 35.5. The predicted octanol–water partition coefficient (Wildman–Crippen LogP) is 2.79. The van der Waals surface area contributed by atoms with Gasteiger partial charge >= 0.3 is 0 Å². The van der Waals surface area contributed by atoms with E-state index in [-0.39, 0.29) is 17.1 Å². The van der Waals surface area contributed by atoms with E-state index in [1.807, 2.05) is 18.4 Å². The molecule has 2 aromatic heterocycles. The summed E-state index contributed by atoms with van der Waals surface area (Å²) in [7, 11) is 1.78. The average molecular weight is 325 g/mol. The molecule has 3 N–H and O–H groups in total. The van der Waals surface area contributed by atoms with Gasteiger partial charge in [-0.05, 0) is 30.5 Å². The van der Waals surface area contributed by atoms with Crippen LogP contribution in [0, 0.1) is 0 Å². The molecule has 5 nitrogen and oxygen atoms in total. The summed E-state index contributed by atoms with van der Waals surface area (Å²) >= 11 is 7.59. The molecular formula is C14H17ClN4OS. The second kappa shape index (κ2) is 6.89. The third-order valence-electron chi connectivity index (χ3n) is 3.25. The maximum atomic E-state index is 12.5. The van der Waals surface area contributed by atoms with Gasteiger partial charge in [0.15, 0.2) is 0 Å². The van der Waals surface area contributed by atoms with E-state index >= 15 is 0 Å². The molecule has 112 valence electrons. The average Bonchev–Trinajstić information content (AvgIpc) is 2.97. The van der Waals surface area contributed by atoms with Crippen molar-refractivity contribution in [1.82, 2.24) is 9.88 Å². The predicted molar refractivity (Wildman–Crippen MR) is 86.6 cm³/mol. The molecule has 2 rings (SSSR count). The van der Waals surface area contributed by atoms with Gasteiger partial charge in [0.25, 0.3) is 5.91 Å². The third-order valence-corrected chi connectivity index (χ3v) is 4.34. The lowest BCUT2D eigenvalue weighted by atomic mass is 10.1. The van der Waals surface area contributed by atoms with Crippen molar-refractivity contribution in [3.63, 3.8) is 0 Å². The third kappa shape index (κ3) is 3.93. The molecule has 2 heterocycles. The molecule has 7 heteroatoms. The number of hydrazine groups is 1. The first-order valence-electron chi connectivity index (χ1n) is 6.45. The molecule has 21 heavy (non-hydrogen) atoms. The van der Waals surface area contributed by atoms with Crippen LogP contribution < -0.4 is 11.3 Å². The highest BCUT2D eigenvalue weighted by Crippen LogP contribution is 2.18. The van der Waals surface area contributed by atoms with Crippen LogP contribution in [0.1, 0.15) is 22.2 Å². The molecule has 0 radical (unpaired) electrons. The zero-order chi connectivity index (χ0) is 15.4. The van der Waals surface area contributed by atoms with Gasteiger partial charge < -0.3 is 10.3 Å². The van der Waals surface area contributed by atoms with E-state index in [1.165, 1.54) is 4.88 Å². The molecule has 0 aliphatic rings. The Morgan fingerprint density at radius 2 is 2.33 bits per heavy atom. The van der Waals surface area contributed by atoms with Gasteiger partial charge in [-0.2, -0.15) is 0 Å². The fourth-order valence-corrected chi connectivity index (χ4v) is 2.99. The number of likely N-dealkylation sites (N-methyl/N-ethyl adjacent to an activating group) is 1. The number of nitrogens with two attached hydrogens (primary N) is 1. The van der Waals surface area contributed by atoms with E-state index < -0.39 is 0 Å². The summed E-state index contributed by atoms with van der Waals surface area (Å²) in [5.74, 6) is 5.57. The fraction of sp³-hybridized carbons (Fsp3) is 0.286. The minimum atomic E-state index is -0.111. The quantitative estimate of drug-likeness (QED) is 0.504. The minimum absolute atomic E-state index is 0.0809. The number of hydrogen-bond acceptors (Lipinski definition) is 5. The minimum Gasteiger partial charge on any atom is -0.339 e. The monoisotopic (exact) mass is 324 g/mol. The number of nitrogen functional groups attached to an aromatic ring is 1. The van der Waals surface area contributed by atoms with Crippen LogP contribution in [0.5, 0.6) is 0 Å². The first kappa shape index (κ1) is 15.8. The van der Waals surface area contributed by atoms with E-state index in [9.17, 15) is 4.79 Å². The van der Waals surface area contributed by atoms with Crippen LogP contribution in [0.15, 0.2) is 29.6 Å². The van der Waals surface area contributed by atoms with Crippen molar-refractivity contribution < 1.29 is 4.79 Å². The number of aromatic nitrogens is 1. The Bertz CT molecular complexity index is 617. The Balaban J connectivity index is 2.13. The maximum Gasteiger partial charge on any atom is 0.254 e. The number of carbonyl (C=O) groups is 1. The van der Waals surface area contributed by atoms with Gasteiger partial charge in [-0.15, -0.1) is 11.3 Å². The molecule has 0 aliphatic carbocycles. The summed E-state index contributed by atoms with van der Waals surface area (Å²) in [5.41, 5.74) is 2.86. The molecule has 1 amide bonds. The summed E-state index contributed by atoms with van der Waals surface area (Å²) in [6.45, 7) is 2.02. The zero-order valence-corrected chi connectivity index (χ0v) is 13.4. The highest BCUT2D eigenvalue weighted by molar-refractivity contribution is 7.09. The van der Waals surface area contributed by atoms with Gasteiger partial charge in [-0.3, -0.25) is 4.79 Å². The molecule has 2 aromatic rings. The molecule has 1 unspecified atom stereocenters. The fourth-order valence-electron chi connectivity index (χ4n) is 1.95. The Labute approximate surface area is 132 Å². The van der Waals surface area contributed by atoms with Gasteiger partial charge in [-0.25, -0.2) is 10.8 Å². The van der Waals surface area contributed by atoms with E-state index in [4.69, 9.17) is 17.4 Å². The van der Waals surface area contributed by atoms with Gasteiger partial charge in [0.1, 0.15) is 11.0 Å². The largest absolute Gasteiger partial charge is 0.339 e. The van der Waals surface area contributed by atoms with Crippen molar-refractivity contribution >= 4 is 34.7 Å². The summed E-state index contributed by atoms with van der Waals surface area (Å²) in [6.07, 6.45) is 0.820. The number of pyridine rings is 1. The number of rotatable bonds is 5. The maximum absolute atomic E-state index is 12.5. The van der Waals surface area contributed by atoms with E-state index in [1.54, 1.807) is 35.4 Å². The lowest BCUT2D eigenvalue weighted by Gasteiger charge is -2.25. The second-order valence-corrected chi connectivity index (χ2v) is 6.18. The normalized spacial score (nSPS) is 12.0. The number of amides is 1. The van der Waals surface area contributed by atoms with Crippen LogP contribution in [-0.2, 0) is 6.42 Å². The topological polar surface area (TPSA) is 71.2 Å². The van der Waals surface area contributed by atoms with Crippen molar-refractivity contribution in [2.75, 3.05) is 12.5 Å². The van der Waals surface area contributed by atoms with Gasteiger partial charge in [-0.1, -0.05) is 17.7 Å². The van der Waals surface area contributed by atoms with Crippen molar-refractivity contribution in [2.24, 2.45) is 5.84 Å². The molecule has 0 spiro atoms. The lowest BCUT2D eigenvalue weighted by Crippen LogP contribution is -2.36. The van der Waals surface area contributed by atoms with Crippen LogP contribution in [0.4, 0.5) is 5.82 Å². The first-order chi connectivity index (χ1) is 10.0. The van der Waals surface area contributed by atoms with E-state index in [0.29, 0.717) is 11.4 Å².